The molecule has 1 amide bonds. The Kier molecular flexibility index (Phi) is 3.96. The van der Waals surface area contributed by atoms with Crippen molar-refractivity contribution in [3.8, 4) is 11.3 Å². The number of amides is 1. The van der Waals surface area contributed by atoms with Gasteiger partial charge in [-0.3, -0.25) is 9.48 Å². The van der Waals surface area contributed by atoms with Gasteiger partial charge in [0, 0.05) is 23.4 Å². The molecule has 110 valence electrons. The summed E-state index contributed by atoms with van der Waals surface area (Å²) in [6.07, 6.45) is 1.90. The van der Waals surface area contributed by atoms with E-state index in [1.165, 1.54) is 0 Å². The minimum absolute atomic E-state index is 0.120. The van der Waals surface area contributed by atoms with Crippen LogP contribution in [0.15, 0.2) is 60.8 Å². The van der Waals surface area contributed by atoms with E-state index in [-0.39, 0.29) is 5.91 Å². The Morgan fingerprint density at radius 1 is 1.09 bits per heavy atom. The van der Waals surface area contributed by atoms with E-state index < -0.39 is 0 Å². The molecule has 3 aromatic rings. The summed E-state index contributed by atoms with van der Waals surface area (Å²) in [6.45, 7) is 2.80. The van der Waals surface area contributed by atoms with Crippen LogP contribution in [0.25, 0.3) is 11.3 Å². The number of carbonyl (C=O) groups is 1. The molecule has 5 heteroatoms. The fourth-order valence-corrected chi connectivity index (χ4v) is 2.10. The predicted octanol–water partition coefficient (Wildman–Crippen LogP) is 3.22. The van der Waals surface area contributed by atoms with Crippen LogP contribution in [0, 0.1) is 0 Å². The van der Waals surface area contributed by atoms with Crippen molar-refractivity contribution < 1.29 is 4.79 Å². The van der Waals surface area contributed by atoms with Crippen molar-refractivity contribution in [3.05, 3.63) is 66.4 Å². The number of carbonyl (C=O) groups excluding carboxylic acids is 1. The van der Waals surface area contributed by atoms with Gasteiger partial charge in [0.05, 0.1) is 6.20 Å². The van der Waals surface area contributed by atoms with Crippen LogP contribution in [0.4, 0.5) is 5.69 Å². The van der Waals surface area contributed by atoms with Gasteiger partial charge in [0.15, 0.2) is 0 Å². The summed E-state index contributed by atoms with van der Waals surface area (Å²) >= 11 is 0. The van der Waals surface area contributed by atoms with Crippen molar-refractivity contribution in [2.45, 2.75) is 13.5 Å². The molecule has 0 unspecified atom stereocenters. The maximum Gasteiger partial charge on any atom is 0.255 e. The van der Waals surface area contributed by atoms with E-state index in [0.717, 1.165) is 23.5 Å². The number of benzene rings is 2. The molecule has 0 aliphatic heterocycles. The molecule has 0 fully saturated rings. The third-order valence-corrected chi connectivity index (χ3v) is 3.34. The highest BCUT2D eigenvalue weighted by Gasteiger charge is 2.06. The first-order valence-corrected chi connectivity index (χ1v) is 7.13. The van der Waals surface area contributed by atoms with E-state index in [0.29, 0.717) is 5.56 Å². The normalized spacial score (nSPS) is 10.4. The van der Waals surface area contributed by atoms with Gasteiger partial charge in [0.1, 0.15) is 5.69 Å². The largest absolute Gasteiger partial charge is 0.322 e. The molecule has 0 bridgehead atoms. The van der Waals surface area contributed by atoms with Gasteiger partial charge < -0.3 is 5.32 Å². The number of anilines is 1. The summed E-state index contributed by atoms with van der Waals surface area (Å²) in [5.74, 6) is -0.120. The maximum absolute atomic E-state index is 12.1. The summed E-state index contributed by atoms with van der Waals surface area (Å²) in [5.41, 5.74) is 3.18. The van der Waals surface area contributed by atoms with Crippen molar-refractivity contribution in [3.63, 3.8) is 0 Å². The Labute approximate surface area is 128 Å². The third-order valence-electron chi connectivity index (χ3n) is 3.34. The van der Waals surface area contributed by atoms with Crippen molar-refractivity contribution in [1.29, 1.82) is 0 Å². The molecule has 0 aliphatic carbocycles. The lowest BCUT2D eigenvalue weighted by atomic mass is 10.1. The van der Waals surface area contributed by atoms with Crippen molar-refractivity contribution in [1.82, 2.24) is 15.0 Å². The molecule has 2 aromatic carbocycles. The predicted molar refractivity (Wildman–Crippen MR) is 85.5 cm³/mol. The molecule has 0 saturated carbocycles. The minimum Gasteiger partial charge on any atom is -0.322 e. The molecule has 0 aliphatic rings. The number of nitrogens with one attached hydrogen (secondary N) is 1. The van der Waals surface area contributed by atoms with Gasteiger partial charge in [0.25, 0.3) is 5.91 Å². The Balaban J connectivity index is 1.73. The molecule has 5 nitrogen and oxygen atoms in total. The fourth-order valence-electron chi connectivity index (χ4n) is 2.10. The first-order valence-electron chi connectivity index (χ1n) is 7.13. The Morgan fingerprint density at radius 3 is 2.45 bits per heavy atom. The van der Waals surface area contributed by atoms with Crippen LogP contribution in [0.2, 0.25) is 0 Å². The van der Waals surface area contributed by atoms with Crippen molar-refractivity contribution in [2.24, 2.45) is 0 Å². The fraction of sp³-hybridized carbons (Fsp3) is 0.118. The minimum atomic E-state index is -0.120. The van der Waals surface area contributed by atoms with Gasteiger partial charge in [-0.15, -0.1) is 5.10 Å². The summed E-state index contributed by atoms with van der Waals surface area (Å²) in [6, 6.07) is 16.7. The zero-order valence-corrected chi connectivity index (χ0v) is 12.2. The van der Waals surface area contributed by atoms with Crippen LogP contribution in [-0.2, 0) is 6.54 Å². The monoisotopic (exact) mass is 292 g/mol. The zero-order chi connectivity index (χ0) is 15.4. The number of aryl methyl sites for hydroxylation is 1. The summed E-state index contributed by atoms with van der Waals surface area (Å²) in [7, 11) is 0. The molecule has 22 heavy (non-hydrogen) atoms. The molecule has 0 saturated heterocycles. The molecule has 1 aromatic heterocycles. The van der Waals surface area contributed by atoms with Gasteiger partial charge in [-0.25, -0.2) is 0 Å². The van der Waals surface area contributed by atoms with Crippen LogP contribution in [-0.4, -0.2) is 20.9 Å². The molecule has 0 radical (unpaired) electrons. The summed E-state index contributed by atoms with van der Waals surface area (Å²) in [4.78, 5) is 12.1. The Hall–Kier alpha value is -2.95. The lowest BCUT2D eigenvalue weighted by Gasteiger charge is -2.05. The number of aromatic nitrogens is 3. The number of hydrogen-bond donors (Lipinski definition) is 1. The SMILES string of the molecule is CCn1cc(-c2ccc(NC(=O)c3ccccc3)cc2)nn1. The van der Waals surface area contributed by atoms with E-state index in [1.54, 1.807) is 16.8 Å². The first-order chi connectivity index (χ1) is 10.8. The lowest BCUT2D eigenvalue weighted by Crippen LogP contribution is -2.11. The van der Waals surface area contributed by atoms with E-state index in [2.05, 4.69) is 15.6 Å². The molecule has 1 N–H and O–H groups in total. The van der Waals surface area contributed by atoms with Gasteiger partial charge in [-0.1, -0.05) is 35.5 Å². The average molecular weight is 292 g/mol. The molecular weight excluding hydrogens is 276 g/mol. The van der Waals surface area contributed by atoms with E-state index in [9.17, 15) is 4.79 Å². The van der Waals surface area contributed by atoms with E-state index in [4.69, 9.17) is 0 Å². The molecule has 1 heterocycles. The standard InChI is InChI=1S/C17H16N4O/c1-2-21-12-16(19-20-21)13-8-10-15(11-9-13)18-17(22)14-6-4-3-5-7-14/h3-12H,2H2,1H3,(H,18,22). The van der Waals surface area contributed by atoms with Gasteiger partial charge in [-0.05, 0) is 31.2 Å². The van der Waals surface area contributed by atoms with Crippen LogP contribution in [0.1, 0.15) is 17.3 Å². The Bertz CT molecular complexity index is 763. The van der Waals surface area contributed by atoms with Gasteiger partial charge in [0.2, 0.25) is 0 Å². The highest BCUT2D eigenvalue weighted by atomic mass is 16.1. The molecular formula is C17H16N4O. The molecule has 3 rings (SSSR count). The van der Waals surface area contributed by atoms with Crippen LogP contribution < -0.4 is 5.32 Å². The van der Waals surface area contributed by atoms with E-state index >= 15 is 0 Å². The number of rotatable bonds is 4. The van der Waals surface area contributed by atoms with Gasteiger partial charge >= 0.3 is 0 Å². The Morgan fingerprint density at radius 2 is 1.82 bits per heavy atom. The highest BCUT2D eigenvalue weighted by Crippen LogP contribution is 2.19. The zero-order valence-electron chi connectivity index (χ0n) is 12.2. The second-order valence-corrected chi connectivity index (χ2v) is 4.86. The highest BCUT2D eigenvalue weighted by molar-refractivity contribution is 6.04. The van der Waals surface area contributed by atoms with Gasteiger partial charge in [-0.2, -0.15) is 0 Å². The third kappa shape index (κ3) is 3.03. The first kappa shape index (κ1) is 14.0. The lowest BCUT2D eigenvalue weighted by molar-refractivity contribution is 0.102. The van der Waals surface area contributed by atoms with Crippen LogP contribution >= 0.6 is 0 Å². The van der Waals surface area contributed by atoms with Crippen LogP contribution in [0.5, 0.6) is 0 Å². The molecule has 0 atom stereocenters. The average Bonchev–Trinajstić information content (AvgIpc) is 3.05. The quantitative estimate of drug-likeness (QED) is 0.803. The summed E-state index contributed by atoms with van der Waals surface area (Å²) < 4.78 is 1.78. The topological polar surface area (TPSA) is 59.8 Å². The van der Waals surface area contributed by atoms with Crippen molar-refractivity contribution >= 4 is 11.6 Å². The van der Waals surface area contributed by atoms with Crippen LogP contribution in [0.3, 0.4) is 0 Å². The maximum atomic E-state index is 12.1. The number of hydrogen-bond acceptors (Lipinski definition) is 3. The molecule has 0 spiro atoms. The van der Waals surface area contributed by atoms with E-state index in [1.807, 2.05) is 55.6 Å². The number of nitrogens with zero attached hydrogens (tertiary/aromatic N) is 3. The summed E-state index contributed by atoms with van der Waals surface area (Å²) in [5, 5.41) is 11.0. The smallest absolute Gasteiger partial charge is 0.255 e. The second-order valence-electron chi connectivity index (χ2n) is 4.86. The van der Waals surface area contributed by atoms with Crippen molar-refractivity contribution in [2.75, 3.05) is 5.32 Å². The second kappa shape index (κ2) is 6.22.